The molecule has 0 spiro atoms. The van der Waals surface area contributed by atoms with Gasteiger partial charge in [0.05, 0.1) is 16.3 Å². The summed E-state index contributed by atoms with van der Waals surface area (Å²) in [6, 6.07) is 15.1. The Balaban J connectivity index is 1.63. The van der Waals surface area contributed by atoms with E-state index in [2.05, 4.69) is 5.32 Å². The van der Waals surface area contributed by atoms with Gasteiger partial charge in [-0.05, 0) is 49.4 Å². The molecule has 1 heterocycles. The number of hydrogen-bond donors (Lipinski definition) is 1. The van der Waals surface area contributed by atoms with Gasteiger partial charge in [-0.3, -0.25) is 13.9 Å². The molecule has 1 N–H and O–H groups in total. The molecule has 0 fully saturated rings. The second kappa shape index (κ2) is 8.76. The number of hydrogen-bond acceptors (Lipinski definition) is 6. The summed E-state index contributed by atoms with van der Waals surface area (Å²) in [6.07, 6.45) is 0. The van der Waals surface area contributed by atoms with Crippen molar-refractivity contribution in [2.75, 3.05) is 23.5 Å². The highest BCUT2D eigenvalue weighted by Gasteiger charge is 2.24. The average Bonchev–Trinajstić information content (AvgIpc) is 3.25. The van der Waals surface area contributed by atoms with Crippen LogP contribution in [0.4, 0.5) is 11.4 Å². The van der Waals surface area contributed by atoms with Crippen molar-refractivity contribution in [1.82, 2.24) is 0 Å². The van der Waals surface area contributed by atoms with E-state index < -0.39 is 15.9 Å². The lowest BCUT2D eigenvalue weighted by atomic mass is 10.1. The van der Waals surface area contributed by atoms with Gasteiger partial charge in [0, 0.05) is 29.3 Å². The third-order valence-electron chi connectivity index (χ3n) is 5.07. The van der Waals surface area contributed by atoms with Crippen molar-refractivity contribution in [1.29, 1.82) is 0 Å². The highest BCUT2D eigenvalue weighted by atomic mass is 35.5. The number of carbonyl (C=O) groups excluding carboxylic acids is 2. The fourth-order valence-corrected chi connectivity index (χ4v) is 4.72. The van der Waals surface area contributed by atoms with E-state index in [1.165, 1.54) is 56.4 Å². The van der Waals surface area contributed by atoms with E-state index >= 15 is 0 Å². The van der Waals surface area contributed by atoms with E-state index in [-0.39, 0.29) is 34.3 Å². The van der Waals surface area contributed by atoms with Crippen LogP contribution >= 0.6 is 11.6 Å². The number of benzene rings is 3. The summed E-state index contributed by atoms with van der Waals surface area (Å²) in [4.78, 5) is 24.9. The largest absolute Gasteiger partial charge is 0.454 e. The van der Waals surface area contributed by atoms with Crippen LogP contribution in [0.25, 0.3) is 0 Å². The van der Waals surface area contributed by atoms with Crippen LogP contribution in [0.5, 0.6) is 11.5 Å². The first-order chi connectivity index (χ1) is 15.7. The molecule has 0 saturated heterocycles. The number of carbonyl (C=O) groups is 2. The first-order valence-corrected chi connectivity index (χ1v) is 11.6. The molecule has 1 amide bonds. The van der Waals surface area contributed by atoms with E-state index in [1.807, 2.05) is 0 Å². The Kier molecular flexibility index (Phi) is 6.01. The van der Waals surface area contributed by atoms with Crippen molar-refractivity contribution in [3.63, 3.8) is 0 Å². The zero-order valence-corrected chi connectivity index (χ0v) is 19.2. The number of amides is 1. The van der Waals surface area contributed by atoms with E-state index in [1.54, 1.807) is 18.2 Å². The van der Waals surface area contributed by atoms with Gasteiger partial charge in [0.1, 0.15) is 0 Å². The van der Waals surface area contributed by atoms with Crippen molar-refractivity contribution >= 4 is 44.7 Å². The quantitative estimate of drug-likeness (QED) is 0.520. The van der Waals surface area contributed by atoms with Gasteiger partial charge in [0.25, 0.3) is 15.9 Å². The third-order valence-corrected chi connectivity index (χ3v) is 7.08. The number of nitrogens with one attached hydrogen (secondary N) is 1. The molecule has 0 bridgehead atoms. The number of rotatable bonds is 6. The number of nitrogens with zero attached hydrogens (tertiary/aromatic N) is 1. The lowest BCUT2D eigenvalue weighted by Crippen LogP contribution is -2.27. The number of anilines is 2. The van der Waals surface area contributed by atoms with Gasteiger partial charge < -0.3 is 14.8 Å². The van der Waals surface area contributed by atoms with Gasteiger partial charge in [-0.1, -0.05) is 23.7 Å². The van der Waals surface area contributed by atoms with Crippen LogP contribution in [0.3, 0.4) is 0 Å². The first kappa shape index (κ1) is 22.6. The molecule has 0 saturated carbocycles. The van der Waals surface area contributed by atoms with Crippen LogP contribution < -0.4 is 19.1 Å². The van der Waals surface area contributed by atoms with Crippen LogP contribution in [0.1, 0.15) is 27.6 Å². The maximum absolute atomic E-state index is 13.1. The molecule has 0 unspecified atom stereocenters. The monoisotopic (exact) mass is 486 g/mol. The first-order valence-electron chi connectivity index (χ1n) is 9.77. The Hall–Kier alpha value is -3.56. The molecule has 0 aromatic heterocycles. The lowest BCUT2D eigenvalue weighted by molar-refractivity contribution is 0.101. The predicted octanol–water partition coefficient (Wildman–Crippen LogP) is 4.35. The standard InChI is InChI=1S/C23H19ClN2O6S/c1-14(27)19-11-21-22(32-13-31-21)12-20(19)25-23(28)15-5-3-8-18(9-15)33(29,30)26(2)17-7-4-6-16(24)10-17/h3-12H,13H2,1-2H3,(H,25,28). The van der Waals surface area contributed by atoms with E-state index in [0.717, 1.165) is 4.31 Å². The van der Waals surface area contributed by atoms with Crippen LogP contribution in [0, 0.1) is 0 Å². The normalized spacial score (nSPS) is 12.3. The third kappa shape index (κ3) is 4.50. The minimum Gasteiger partial charge on any atom is -0.454 e. The average molecular weight is 487 g/mol. The second-order valence-corrected chi connectivity index (χ2v) is 9.65. The molecule has 8 nitrogen and oxygen atoms in total. The molecule has 33 heavy (non-hydrogen) atoms. The Bertz CT molecular complexity index is 1370. The van der Waals surface area contributed by atoms with Gasteiger partial charge in [-0.15, -0.1) is 0 Å². The fourth-order valence-electron chi connectivity index (χ4n) is 3.30. The Labute approximate surface area is 195 Å². The minimum absolute atomic E-state index is 0.0180. The molecular formula is C23H19ClN2O6S. The zero-order chi connectivity index (χ0) is 23.8. The van der Waals surface area contributed by atoms with Crippen molar-refractivity contribution < 1.29 is 27.5 Å². The van der Waals surface area contributed by atoms with Gasteiger partial charge in [0.2, 0.25) is 6.79 Å². The van der Waals surface area contributed by atoms with Gasteiger partial charge in [-0.2, -0.15) is 0 Å². The van der Waals surface area contributed by atoms with Crippen LogP contribution in [-0.4, -0.2) is 33.9 Å². The fraction of sp³-hybridized carbons (Fsp3) is 0.130. The molecule has 0 radical (unpaired) electrons. The van der Waals surface area contributed by atoms with Crippen molar-refractivity contribution in [3.05, 3.63) is 76.8 Å². The summed E-state index contributed by atoms with van der Waals surface area (Å²) in [6.45, 7) is 1.39. The number of ketones is 1. The maximum Gasteiger partial charge on any atom is 0.264 e. The molecule has 0 aliphatic carbocycles. The highest BCUT2D eigenvalue weighted by molar-refractivity contribution is 7.92. The summed E-state index contributed by atoms with van der Waals surface area (Å²) in [5.74, 6) is -0.0491. The molecule has 170 valence electrons. The highest BCUT2D eigenvalue weighted by Crippen LogP contribution is 2.37. The molecule has 3 aromatic rings. The number of fused-ring (bicyclic) bond motifs is 1. The molecule has 1 aliphatic heterocycles. The SMILES string of the molecule is CC(=O)c1cc2c(cc1NC(=O)c1cccc(S(=O)(=O)N(C)c3cccc(Cl)c3)c1)OCO2. The summed E-state index contributed by atoms with van der Waals surface area (Å²) in [7, 11) is -2.56. The van der Waals surface area contributed by atoms with Crippen LogP contribution in [-0.2, 0) is 10.0 Å². The van der Waals surface area contributed by atoms with Gasteiger partial charge >= 0.3 is 0 Å². The smallest absolute Gasteiger partial charge is 0.264 e. The Morgan fingerprint density at radius 1 is 1.00 bits per heavy atom. The van der Waals surface area contributed by atoms with Gasteiger partial charge in [-0.25, -0.2) is 8.42 Å². The Morgan fingerprint density at radius 3 is 2.39 bits per heavy atom. The Morgan fingerprint density at radius 2 is 1.70 bits per heavy atom. The van der Waals surface area contributed by atoms with Crippen LogP contribution in [0.2, 0.25) is 5.02 Å². The summed E-state index contributed by atoms with van der Waals surface area (Å²) in [5.41, 5.74) is 0.963. The molecule has 3 aromatic carbocycles. The van der Waals surface area contributed by atoms with Crippen molar-refractivity contribution in [2.24, 2.45) is 0 Å². The van der Waals surface area contributed by atoms with Gasteiger partial charge in [0.15, 0.2) is 17.3 Å². The summed E-state index contributed by atoms with van der Waals surface area (Å²) < 4.78 is 37.9. The zero-order valence-electron chi connectivity index (χ0n) is 17.7. The molecule has 4 rings (SSSR count). The number of sulfonamides is 1. The molecule has 0 atom stereocenters. The molecule has 10 heteroatoms. The topological polar surface area (TPSA) is 102 Å². The molecule has 1 aliphatic rings. The summed E-state index contributed by atoms with van der Waals surface area (Å²) >= 11 is 5.98. The lowest BCUT2D eigenvalue weighted by Gasteiger charge is -2.20. The number of halogens is 1. The predicted molar refractivity (Wildman–Crippen MR) is 124 cm³/mol. The van der Waals surface area contributed by atoms with Crippen LogP contribution in [0.15, 0.2) is 65.6 Å². The molecular weight excluding hydrogens is 468 g/mol. The van der Waals surface area contributed by atoms with Crippen molar-refractivity contribution in [2.45, 2.75) is 11.8 Å². The number of ether oxygens (including phenoxy) is 2. The second-order valence-electron chi connectivity index (χ2n) is 7.24. The van der Waals surface area contributed by atoms with E-state index in [4.69, 9.17) is 21.1 Å². The summed E-state index contributed by atoms with van der Waals surface area (Å²) in [5, 5.41) is 3.06. The number of Topliss-reactive ketones (excluding diaryl/α,β-unsaturated/α-hetero) is 1. The van der Waals surface area contributed by atoms with Crippen molar-refractivity contribution in [3.8, 4) is 11.5 Å². The van der Waals surface area contributed by atoms with E-state index in [0.29, 0.717) is 22.2 Å². The van der Waals surface area contributed by atoms with E-state index in [9.17, 15) is 18.0 Å². The minimum atomic E-state index is -3.96. The maximum atomic E-state index is 13.1.